The molecule has 0 saturated heterocycles. The van der Waals surface area contributed by atoms with E-state index in [0.717, 1.165) is 5.56 Å². The van der Waals surface area contributed by atoms with Crippen LogP contribution in [0.3, 0.4) is 0 Å². The largest absolute Gasteiger partial charge is 0.480 e. The lowest BCUT2D eigenvalue weighted by Gasteiger charge is -2.35. The van der Waals surface area contributed by atoms with Crippen LogP contribution in [0.25, 0.3) is 0 Å². The number of hydrogen-bond donors (Lipinski definition) is 1. The quantitative estimate of drug-likeness (QED) is 0.926. The Balaban J connectivity index is 3.34. The maximum Gasteiger partial charge on any atom is 0.329 e. The average Bonchev–Trinajstić information content (AvgIpc) is 2.37. The lowest BCUT2D eigenvalue weighted by Crippen LogP contribution is -2.53. The van der Waals surface area contributed by atoms with Gasteiger partial charge in [0.2, 0.25) is 0 Å². The van der Waals surface area contributed by atoms with Gasteiger partial charge in [-0.1, -0.05) is 39.0 Å². The Bertz CT molecular complexity index is 541. The third-order valence-electron chi connectivity index (χ3n) is 3.73. The number of carboxylic acid groups (broad SMARTS) is 1. The van der Waals surface area contributed by atoms with Gasteiger partial charge in [0.15, 0.2) is 0 Å². The van der Waals surface area contributed by atoms with E-state index in [2.05, 4.69) is 0 Å². The van der Waals surface area contributed by atoms with Crippen LogP contribution in [-0.2, 0) is 10.2 Å². The number of likely N-dealkylation sites (N-methyl/N-ethyl adjacent to an activating group) is 1. The number of carboxylic acids is 1. The van der Waals surface area contributed by atoms with Gasteiger partial charge < -0.3 is 10.0 Å². The van der Waals surface area contributed by atoms with Crippen molar-refractivity contribution in [3.8, 4) is 0 Å². The Kier molecular flexibility index (Phi) is 4.82. The third kappa shape index (κ3) is 3.43. The topological polar surface area (TPSA) is 57.6 Å². The van der Waals surface area contributed by atoms with Crippen LogP contribution in [0.15, 0.2) is 24.3 Å². The highest BCUT2D eigenvalue weighted by Gasteiger charge is 2.38. The Morgan fingerprint density at radius 3 is 2.05 bits per heavy atom. The van der Waals surface area contributed by atoms with Crippen molar-refractivity contribution in [2.24, 2.45) is 0 Å². The first kappa shape index (κ1) is 17.2. The standard InChI is InChI=1S/C17H25NO3/c1-7-18(17(5,6)15(20)21)14(19)12-10-8-9-11-13(12)16(2,3)4/h8-11H,7H2,1-6H3,(H,20,21). The van der Waals surface area contributed by atoms with Gasteiger partial charge >= 0.3 is 5.97 Å². The van der Waals surface area contributed by atoms with Gasteiger partial charge in [0.1, 0.15) is 5.54 Å². The monoisotopic (exact) mass is 291 g/mol. The molecule has 0 aliphatic rings. The van der Waals surface area contributed by atoms with Gasteiger partial charge in [-0.2, -0.15) is 0 Å². The second kappa shape index (κ2) is 5.88. The molecule has 0 radical (unpaired) electrons. The number of amides is 1. The normalized spacial score (nSPS) is 12.1. The van der Waals surface area contributed by atoms with Crippen molar-refractivity contribution in [2.75, 3.05) is 6.54 Å². The summed E-state index contributed by atoms with van der Waals surface area (Å²) in [6.45, 7) is 11.4. The van der Waals surface area contributed by atoms with Gasteiger partial charge in [-0.05, 0) is 37.8 Å². The van der Waals surface area contributed by atoms with Crippen LogP contribution in [0.4, 0.5) is 0 Å². The third-order valence-corrected chi connectivity index (χ3v) is 3.73. The van der Waals surface area contributed by atoms with E-state index in [9.17, 15) is 14.7 Å². The summed E-state index contributed by atoms with van der Waals surface area (Å²) in [6.07, 6.45) is 0. The van der Waals surface area contributed by atoms with Crippen LogP contribution >= 0.6 is 0 Å². The number of hydrogen-bond acceptors (Lipinski definition) is 2. The van der Waals surface area contributed by atoms with Crippen LogP contribution in [0, 0.1) is 0 Å². The lowest BCUT2D eigenvalue weighted by atomic mass is 9.83. The molecule has 0 aliphatic carbocycles. The minimum absolute atomic E-state index is 0.182. The maximum absolute atomic E-state index is 12.9. The number of aliphatic carboxylic acids is 1. The Morgan fingerprint density at radius 2 is 1.62 bits per heavy atom. The van der Waals surface area contributed by atoms with Gasteiger partial charge in [-0.3, -0.25) is 4.79 Å². The molecule has 0 atom stereocenters. The van der Waals surface area contributed by atoms with E-state index in [1.807, 2.05) is 39.0 Å². The first-order valence-electron chi connectivity index (χ1n) is 7.18. The molecule has 0 aromatic heterocycles. The molecule has 4 heteroatoms. The highest BCUT2D eigenvalue weighted by atomic mass is 16.4. The molecule has 116 valence electrons. The summed E-state index contributed by atoms with van der Waals surface area (Å²) in [7, 11) is 0. The first-order valence-corrected chi connectivity index (χ1v) is 7.18. The first-order chi connectivity index (χ1) is 9.53. The number of carbonyl (C=O) groups excluding carboxylic acids is 1. The van der Waals surface area contributed by atoms with Crippen LogP contribution in [0.2, 0.25) is 0 Å². The minimum Gasteiger partial charge on any atom is -0.480 e. The van der Waals surface area contributed by atoms with Gasteiger partial charge in [0.05, 0.1) is 0 Å². The molecule has 1 N–H and O–H groups in total. The zero-order chi connectivity index (χ0) is 16.4. The number of nitrogens with zero attached hydrogens (tertiary/aromatic N) is 1. The van der Waals surface area contributed by atoms with E-state index in [4.69, 9.17) is 0 Å². The Morgan fingerprint density at radius 1 is 1.10 bits per heavy atom. The molecule has 1 aromatic rings. The molecule has 1 aromatic carbocycles. The van der Waals surface area contributed by atoms with Crippen molar-refractivity contribution in [1.29, 1.82) is 0 Å². The van der Waals surface area contributed by atoms with Crippen LogP contribution in [-0.4, -0.2) is 34.0 Å². The molecule has 0 heterocycles. The van der Waals surface area contributed by atoms with Crippen molar-refractivity contribution in [3.05, 3.63) is 35.4 Å². The summed E-state index contributed by atoms with van der Waals surface area (Å²) in [5.41, 5.74) is 0.0754. The molecule has 0 bridgehead atoms. The van der Waals surface area contributed by atoms with Crippen LogP contribution in [0.1, 0.15) is 57.5 Å². The van der Waals surface area contributed by atoms with Crippen molar-refractivity contribution >= 4 is 11.9 Å². The number of carbonyl (C=O) groups is 2. The second-order valence-corrected chi connectivity index (χ2v) is 6.71. The number of benzene rings is 1. The van der Waals surface area contributed by atoms with E-state index < -0.39 is 11.5 Å². The van der Waals surface area contributed by atoms with E-state index in [-0.39, 0.29) is 11.3 Å². The molecule has 4 nitrogen and oxygen atoms in total. The van der Waals surface area contributed by atoms with Gasteiger partial charge in [0, 0.05) is 12.1 Å². The highest BCUT2D eigenvalue weighted by Crippen LogP contribution is 2.28. The van der Waals surface area contributed by atoms with Crippen molar-refractivity contribution < 1.29 is 14.7 Å². The summed E-state index contributed by atoms with van der Waals surface area (Å²) in [6, 6.07) is 7.40. The summed E-state index contributed by atoms with van der Waals surface area (Å²) < 4.78 is 0. The van der Waals surface area contributed by atoms with Gasteiger partial charge in [0.25, 0.3) is 5.91 Å². The van der Waals surface area contributed by atoms with Crippen LogP contribution in [0.5, 0.6) is 0 Å². The molecule has 1 rings (SSSR count). The molecule has 0 spiro atoms. The van der Waals surface area contributed by atoms with Crippen molar-refractivity contribution in [2.45, 2.75) is 52.5 Å². The fraction of sp³-hybridized carbons (Fsp3) is 0.529. The van der Waals surface area contributed by atoms with Gasteiger partial charge in [-0.15, -0.1) is 0 Å². The predicted molar refractivity (Wildman–Crippen MR) is 83.6 cm³/mol. The van der Waals surface area contributed by atoms with Crippen molar-refractivity contribution in [3.63, 3.8) is 0 Å². The van der Waals surface area contributed by atoms with E-state index >= 15 is 0 Å². The van der Waals surface area contributed by atoms with E-state index in [1.165, 1.54) is 4.90 Å². The molecule has 21 heavy (non-hydrogen) atoms. The summed E-state index contributed by atoms with van der Waals surface area (Å²) in [4.78, 5) is 25.7. The summed E-state index contributed by atoms with van der Waals surface area (Å²) >= 11 is 0. The Hall–Kier alpha value is -1.84. The summed E-state index contributed by atoms with van der Waals surface area (Å²) in [5, 5.41) is 9.37. The molecule has 1 amide bonds. The number of rotatable bonds is 4. The molecular formula is C17H25NO3. The smallest absolute Gasteiger partial charge is 0.329 e. The van der Waals surface area contributed by atoms with E-state index in [1.54, 1.807) is 26.8 Å². The minimum atomic E-state index is -1.24. The van der Waals surface area contributed by atoms with Crippen LogP contribution < -0.4 is 0 Å². The highest BCUT2D eigenvalue weighted by molar-refractivity contribution is 5.99. The zero-order valence-corrected chi connectivity index (χ0v) is 13.7. The fourth-order valence-electron chi connectivity index (χ4n) is 2.38. The average molecular weight is 291 g/mol. The lowest BCUT2D eigenvalue weighted by molar-refractivity contribution is -0.147. The molecule has 0 unspecified atom stereocenters. The van der Waals surface area contributed by atoms with Gasteiger partial charge in [-0.25, -0.2) is 4.79 Å². The fourth-order valence-corrected chi connectivity index (χ4v) is 2.38. The molecule has 0 aliphatic heterocycles. The molecule has 0 saturated carbocycles. The maximum atomic E-state index is 12.9. The molecular weight excluding hydrogens is 266 g/mol. The van der Waals surface area contributed by atoms with Crippen molar-refractivity contribution in [1.82, 2.24) is 4.90 Å². The summed E-state index contributed by atoms with van der Waals surface area (Å²) in [5.74, 6) is -1.25. The predicted octanol–water partition coefficient (Wildman–Crippen LogP) is 3.31. The SMILES string of the molecule is CCN(C(=O)c1ccccc1C(C)(C)C)C(C)(C)C(=O)O. The van der Waals surface area contributed by atoms with E-state index in [0.29, 0.717) is 12.1 Å². The Labute approximate surface area is 126 Å². The molecule has 0 fully saturated rings. The zero-order valence-electron chi connectivity index (χ0n) is 13.7. The second-order valence-electron chi connectivity index (χ2n) is 6.71.